The SMILES string of the molecule is Cc1ccc(C(F)(F)F)cc1C=CCC#N. The zero-order valence-corrected chi connectivity index (χ0v) is 8.67. The van der Waals surface area contributed by atoms with Gasteiger partial charge in [-0.15, -0.1) is 0 Å². The van der Waals surface area contributed by atoms with Crippen LogP contribution in [0.25, 0.3) is 6.08 Å². The van der Waals surface area contributed by atoms with Crippen LogP contribution in [-0.4, -0.2) is 0 Å². The van der Waals surface area contributed by atoms with Crippen molar-refractivity contribution in [1.82, 2.24) is 0 Å². The van der Waals surface area contributed by atoms with Gasteiger partial charge in [-0.05, 0) is 30.2 Å². The molecule has 0 saturated carbocycles. The summed E-state index contributed by atoms with van der Waals surface area (Å²) in [7, 11) is 0. The van der Waals surface area contributed by atoms with E-state index in [-0.39, 0.29) is 6.42 Å². The highest BCUT2D eigenvalue weighted by atomic mass is 19.4. The van der Waals surface area contributed by atoms with Crippen molar-refractivity contribution >= 4 is 6.08 Å². The minimum absolute atomic E-state index is 0.190. The van der Waals surface area contributed by atoms with Gasteiger partial charge in [0.2, 0.25) is 0 Å². The summed E-state index contributed by atoms with van der Waals surface area (Å²) in [6, 6.07) is 5.46. The summed E-state index contributed by atoms with van der Waals surface area (Å²) in [6.45, 7) is 1.73. The molecule has 0 aliphatic heterocycles. The van der Waals surface area contributed by atoms with E-state index in [0.717, 1.165) is 17.7 Å². The van der Waals surface area contributed by atoms with Crippen LogP contribution in [0.15, 0.2) is 24.3 Å². The molecule has 0 aromatic heterocycles. The van der Waals surface area contributed by atoms with Crippen molar-refractivity contribution in [2.45, 2.75) is 19.5 Å². The standard InChI is InChI=1S/C12H10F3N/c1-9-5-6-11(12(13,14)15)8-10(9)4-2-3-7-16/h2,4-6,8H,3H2,1H3. The first-order valence-electron chi connectivity index (χ1n) is 4.66. The van der Waals surface area contributed by atoms with Crippen LogP contribution in [-0.2, 0) is 6.18 Å². The monoisotopic (exact) mass is 225 g/mol. The van der Waals surface area contributed by atoms with Gasteiger partial charge in [0, 0.05) is 0 Å². The topological polar surface area (TPSA) is 23.8 Å². The zero-order chi connectivity index (χ0) is 12.2. The lowest BCUT2D eigenvalue weighted by atomic mass is 10.0. The molecule has 0 N–H and O–H groups in total. The Hall–Kier alpha value is -1.76. The van der Waals surface area contributed by atoms with E-state index in [2.05, 4.69) is 0 Å². The molecule has 0 saturated heterocycles. The molecule has 16 heavy (non-hydrogen) atoms. The van der Waals surface area contributed by atoms with E-state index >= 15 is 0 Å². The number of aryl methyl sites for hydroxylation is 1. The number of benzene rings is 1. The summed E-state index contributed by atoms with van der Waals surface area (Å²) in [5.74, 6) is 0. The summed E-state index contributed by atoms with van der Waals surface area (Å²) in [6.07, 6.45) is -1.06. The maximum atomic E-state index is 12.4. The summed E-state index contributed by atoms with van der Waals surface area (Å²) in [5.41, 5.74) is 0.571. The highest BCUT2D eigenvalue weighted by Crippen LogP contribution is 2.30. The normalized spacial score (nSPS) is 11.7. The Kier molecular flexibility index (Phi) is 3.73. The average Bonchev–Trinajstić information content (AvgIpc) is 2.19. The van der Waals surface area contributed by atoms with Crippen molar-refractivity contribution in [3.63, 3.8) is 0 Å². The van der Waals surface area contributed by atoms with Crippen LogP contribution >= 0.6 is 0 Å². The third-order valence-corrected chi connectivity index (χ3v) is 2.11. The van der Waals surface area contributed by atoms with E-state index in [1.165, 1.54) is 12.1 Å². The Morgan fingerprint density at radius 1 is 1.38 bits per heavy atom. The molecular formula is C12H10F3N. The summed E-state index contributed by atoms with van der Waals surface area (Å²) in [4.78, 5) is 0. The van der Waals surface area contributed by atoms with E-state index in [0.29, 0.717) is 5.56 Å². The molecule has 4 heteroatoms. The minimum Gasteiger partial charge on any atom is -0.198 e. The number of alkyl halides is 3. The van der Waals surface area contributed by atoms with Gasteiger partial charge < -0.3 is 0 Å². The number of nitrogens with zero attached hydrogens (tertiary/aromatic N) is 1. The van der Waals surface area contributed by atoms with Gasteiger partial charge in [0.1, 0.15) is 0 Å². The number of rotatable bonds is 2. The summed E-state index contributed by atoms with van der Waals surface area (Å²) < 4.78 is 37.2. The summed E-state index contributed by atoms with van der Waals surface area (Å²) in [5, 5.41) is 8.32. The third-order valence-electron chi connectivity index (χ3n) is 2.11. The first-order chi connectivity index (χ1) is 7.45. The Bertz CT molecular complexity index is 439. The number of hydrogen-bond donors (Lipinski definition) is 0. The highest BCUT2D eigenvalue weighted by molar-refractivity contribution is 5.55. The maximum absolute atomic E-state index is 12.4. The van der Waals surface area contributed by atoms with E-state index in [4.69, 9.17) is 5.26 Å². The minimum atomic E-state index is -4.33. The lowest BCUT2D eigenvalue weighted by Gasteiger charge is -2.08. The van der Waals surface area contributed by atoms with Crippen LogP contribution in [0, 0.1) is 18.3 Å². The van der Waals surface area contributed by atoms with Crippen LogP contribution in [0.2, 0.25) is 0 Å². The van der Waals surface area contributed by atoms with Crippen LogP contribution in [0.5, 0.6) is 0 Å². The lowest BCUT2D eigenvalue weighted by Crippen LogP contribution is -2.05. The Morgan fingerprint density at radius 3 is 2.62 bits per heavy atom. The smallest absolute Gasteiger partial charge is 0.198 e. The largest absolute Gasteiger partial charge is 0.416 e. The summed E-state index contributed by atoms with van der Waals surface area (Å²) >= 11 is 0. The zero-order valence-electron chi connectivity index (χ0n) is 8.67. The molecule has 1 nitrogen and oxygen atoms in total. The van der Waals surface area contributed by atoms with Gasteiger partial charge in [-0.25, -0.2) is 0 Å². The van der Waals surface area contributed by atoms with Gasteiger partial charge >= 0.3 is 6.18 Å². The van der Waals surface area contributed by atoms with Gasteiger partial charge in [-0.1, -0.05) is 18.2 Å². The number of nitriles is 1. The molecule has 84 valence electrons. The van der Waals surface area contributed by atoms with Crippen molar-refractivity contribution in [2.24, 2.45) is 0 Å². The fourth-order valence-electron chi connectivity index (χ4n) is 1.23. The molecule has 0 fully saturated rings. The van der Waals surface area contributed by atoms with Gasteiger partial charge in [0.15, 0.2) is 0 Å². The Labute approximate surface area is 91.8 Å². The third kappa shape index (κ3) is 3.13. The molecule has 0 atom stereocenters. The first kappa shape index (κ1) is 12.3. The molecule has 0 heterocycles. The van der Waals surface area contributed by atoms with Gasteiger partial charge in [-0.2, -0.15) is 18.4 Å². The van der Waals surface area contributed by atoms with E-state index in [9.17, 15) is 13.2 Å². The van der Waals surface area contributed by atoms with Crippen molar-refractivity contribution in [3.05, 3.63) is 41.0 Å². The fourth-order valence-corrected chi connectivity index (χ4v) is 1.23. The molecule has 0 amide bonds. The Balaban J connectivity index is 3.05. The second-order valence-corrected chi connectivity index (χ2v) is 3.33. The number of halogens is 3. The maximum Gasteiger partial charge on any atom is 0.416 e. The predicted octanol–water partition coefficient (Wildman–Crippen LogP) is 3.94. The van der Waals surface area contributed by atoms with Gasteiger partial charge in [0.05, 0.1) is 18.1 Å². The second-order valence-electron chi connectivity index (χ2n) is 3.33. The number of hydrogen-bond acceptors (Lipinski definition) is 1. The molecule has 0 spiro atoms. The molecule has 0 aliphatic rings. The second kappa shape index (κ2) is 4.84. The molecule has 1 rings (SSSR count). The molecule has 0 unspecified atom stereocenters. The van der Waals surface area contributed by atoms with Crippen LogP contribution in [0.3, 0.4) is 0 Å². The van der Waals surface area contributed by atoms with Gasteiger partial charge in [-0.3, -0.25) is 0 Å². The molecule has 0 radical (unpaired) electrons. The van der Waals surface area contributed by atoms with Crippen LogP contribution in [0.4, 0.5) is 13.2 Å². The van der Waals surface area contributed by atoms with Gasteiger partial charge in [0.25, 0.3) is 0 Å². The van der Waals surface area contributed by atoms with E-state index in [1.54, 1.807) is 13.0 Å². The van der Waals surface area contributed by atoms with Crippen molar-refractivity contribution < 1.29 is 13.2 Å². The van der Waals surface area contributed by atoms with Crippen molar-refractivity contribution in [3.8, 4) is 6.07 Å². The van der Waals surface area contributed by atoms with Crippen LogP contribution < -0.4 is 0 Å². The van der Waals surface area contributed by atoms with Crippen molar-refractivity contribution in [2.75, 3.05) is 0 Å². The highest BCUT2D eigenvalue weighted by Gasteiger charge is 2.30. The molecule has 1 aromatic rings. The molecular weight excluding hydrogens is 215 g/mol. The number of allylic oxidation sites excluding steroid dienone is 1. The van der Waals surface area contributed by atoms with E-state index in [1.807, 2.05) is 6.07 Å². The van der Waals surface area contributed by atoms with E-state index < -0.39 is 11.7 Å². The van der Waals surface area contributed by atoms with Crippen molar-refractivity contribution in [1.29, 1.82) is 5.26 Å². The average molecular weight is 225 g/mol. The first-order valence-corrected chi connectivity index (χ1v) is 4.66. The fraction of sp³-hybridized carbons (Fsp3) is 0.250. The predicted molar refractivity (Wildman–Crippen MR) is 55.4 cm³/mol. The molecule has 1 aromatic carbocycles. The quantitative estimate of drug-likeness (QED) is 0.747. The Morgan fingerprint density at radius 2 is 2.06 bits per heavy atom. The lowest BCUT2D eigenvalue weighted by molar-refractivity contribution is -0.137. The van der Waals surface area contributed by atoms with Crippen LogP contribution in [0.1, 0.15) is 23.1 Å². The molecule has 0 aliphatic carbocycles. The molecule has 0 bridgehead atoms.